The molecule has 2 atom stereocenters. The Morgan fingerprint density at radius 2 is 2.33 bits per heavy atom. The second kappa shape index (κ2) is 3.88. The normalized spacial score (nSPS) is 33.4. The zero-order chi connectivity index (χ0) is 5.98. The molecule has 0 saturated carbocycles. The van der Waals surface area contributed by atoms with Crippen molar-refractivity contribution in [3.05, 3.63) is 12.7 Å². The Kier molecular flexibility index (Phi) is 3.86. The van der Waals surface area contributed by atoms with Gasteiger partial charge in [0.25, 0.3) is 0 Å². The average Bonchev–Trinajstić information content (AvgIpc) is 2.14. The van der Waals surface area contributed by atoms with Crippen molar-refractivity contribution in [2.45, 2.75) is 18.6 Å². The first kappa shape index (κ1) is 8.95. The standard InChI is InChI=1S/C6H11NO.ClH/c1-2-6-5(7)3-4-8-6;/h2,5-6H,1,3-4,7H2;1H/t5-,6+;/m0./s1. The van der Waals surface area contributed by atoms with E-state index in [0.717, 1.165) is 13.0 Å². The molecule has 54 valence electrons. The molecule has 0 aliphatic carbocycles. The van der Waals surface area contributed by atoms with Crippen molar-refractivity contribution in [3.8, 4) is 0 Å². The van der Waals surface area contributed by atoms with Gasteiger partial charge in [0.15, 0.2) is 0 Å². The third kappa shape index (κ3) is 1.97. The van der Waals surface area contributed by atoms with E-state index in [2.05, 4.69) is 6.58 Å². The maximum absolute atomic E-state index is 5.59. The quantitative estimate of drug-likeness (QED) is 0.558. The van der Waals surface area contributed by atoms with Crippen molar-refractivity contribution in [2.75, 3.05) is 6.61 Å². The van der Waals surface area contributed by atoms with Gasteiger partial charge in [-0.2, -0.15) is 0 Å². The maximum atomic E-state index is 5.59. The highest BCUT2D eigenvalue weighted by Crippen LogP contribution is 2.10. The number of rotatable bonds is 1. The number of hydrogen-bond acceptors (Lipinski definition) is 2. The van der Waals surface area contributed by atoms with E-state index in [9.17, 15) is 0 Å². The molecule has 0 spiro atoms. The van der Waals surface area contributed by atoms with Crippen molar-refractivity contribution in [2.24, 2.45) is 5.73 Å². The highest BCUT2D eigenvalue weighted by atomic mass is 35.5. The molecule has 3 heteroatoms. The van der Waals surface area contributed by atoms with Crippen LogP contribution in [0.1, 0.15) is 6.42 Å². The van der Waals surface area contributed by atoms with E-state index in [1.54, 1.807) is 6.08 Å². The van der Waals surface area contributed by atoms with Crippen LogP contribution in [0.2, 0.25) is 0 Å². The van der Waals surface area contributed by atoms with Crippen molar-refractivity contribution in [3.63, 3.8) is 0 Å². The van der Waals surface area contributed by atoms with Gasteiger partial charge in [-0.1, -0.05) is 6.08 Å². The first-order chi connectivity index (χ1) is 3.84. The molecule has 0 radical (unpaired) electrons. The van der Waals surface area contributed by atoms with E-state index in [1.807, 2.05) is 0 Å². The summed E-state index contributed by atoms with van der Waals surface area (Å²) in [6, 6.07) is 0.187. The van der Waals surface area contributed by atoms with Crippen LogP contribution in [-0.4, -0.2) is 18.8 Å². The minimum absolute atomic E-state index is 0. The summed E-state index contributed by atoms with van der Waals surface area (Å²) in [7, 11) is 0. The van der Waals surface area contributed by atoms with Gasteiger partial charge in [0.05, 0.1) is 6.10 Å². The lowest BCUT2D eigenvalue weighted by molar-refractivity contribution is 0.140. The Hall–Kier alpha value is -0.0500. The number of hydrogen-bond donors (Lipinski definition) is 1. The molecule has 2 N–H and O–H groups in total. The van der Waals surface area contributed by atoms with Gasteiger partial charge in [-0.15, -0.1) is 19.0 Å². The van der Waals surface area contributed by atoms with Crippen LogP contribution >= 0.6 is 12.4 Å². The van der Waals surface area contributed by atoms with Crippen molar-refractivity contribution in [1.29, 1.82) is 0 Å². The zero-order valence-corrected chi connectivity index (χ0v) is 6.06. The Balaban J connectivity index is 0.000000640. The third-order valence-electron chi connectivity index (χ3n) is 1.42. The first-order valence-corrected chi connectivity index (χ1v) is 2.84. The molecule has 0 aromatic rings. The molecule has 1 fully saturated rings. The lowest BCUT2D eigenvalue weighted by atomic mass is 10.1. The minimum atomic E-state index is 0. The van der Waals surface area contributed by atoms with Crippen LogP contribution in [0, 0.1) is 0 Å². The average molecular weight is 150 g/mol. The molecule has 1 heterocycles. The Bertz CT molecular complexity index is 97.1. The Labute approximate surface area is 61.5 Å². The molecule has 0 aromatic carbocycles. The van der Waals surface area contributed by atoms with Crippen LogP contribution in [0.25, 0.3) is 0 Å². The van der Waals surface area contributed by atoms with E-state index in [-0.39, 0.29) is 24.6 Å². The topological polar surface area (TPSA) is 35.2 Å². The number of ether oxygens (including phenoxy) is 1. The molecule has 1 rings (SSSR count). The number of halogens is 1. The van der Waals surface area contributed by atoms with Crippen LogP contribution in [0.4, 0.5) is 0 Å². The molecule has 9 heavy (non-hydrogen) atoms. The molecular weight excluding hydrogens is 138 g/mol. The second-order valence-electron chi connectivity index (χ2n) is 2.02. The lowest BCUT2D eigenvalue weighted by Crippen LogP contribution is -2.27. The fourth-order valence-corrected chi connectivity index (χ4v) is 0.871. The molecule has 0 amide bonds. The van der Waals surface area contributed by atoms with Crippen LogP contribution < -0.4 is 5.73 Å². The zero-order valence-electron chi connectivity index (χ0n) is 5.25. The molecule has 0 unspecified atom stereocenters. The van der Waals surface area contributed by atoms with Crippen LogP contribution in [0.5, 0.6) is 0 Å². The van der Waals surface area contributed by atoms with Gasteiger partial charge >= 0.3 is 0 Å². The molecule has 1 aliphatic heterocycles. The summed E-state index contributed by atoms with van der Waals surface area (Å²) in [5, 5.41) is 0. The highest BCUT2D eigenvalue weighted by Gasteiger charge is 2.20. The largest absolute Gasteiger partial charge is 0.372 e. The fourth-order valence-electron chi connectivity index (χ4n) is 0.871. The molecular formula is C6H12ClNO. The molecule has 2 nitrogen and oxygen atoms in total. The third-order valence-corrected chi connectivity index (χ3v) is 1.42. The summed E-state index contributed by atoms with van der Waals surface area (Å²) < 4.78 is 5.17. The predicted octanol–water partition coefficient (Wildman–Crippen LogP) is 0.710. The SMILES string of the molecule is C=C[C@H]1OCC[C@@H]1N.Cl. The van der Waals surface area contributed by atoms with Crippen molar-refractivity contribution < 1.29 is 4.74 Å². The summed E-state index contributed by atoms with van der Waals surface area (Å²) in [4.78, 5) is 0. The molecule has 0 aromatic heterocycles. The van der Waals surface area contributed by atoms with E-state index in [4.69, 9.17) is 10.5 Å². The van der Waals surface area contributed by atoms with Crippen molar-refractivity contribution >= 4 is 12.4 Å². The van der Waals surface area contributed by atoms with E-state index < -0.39 is 0 Å². The van der Waals surface area contributed by atoms with E-state index in [0.29, 0.717) is 0 Å². The summed E-state index contributed by atoms with van der Waals surface area (Å²) in [5.41, 5.74) is 5.59. The van der Waals surface area contributed by atoms with E-state index >= 15 is 0 Å². The summed E-state index contributed by atoms with van der Waals surface area (Å²) in [6.07, 6.45) is 2.84. The van der Waals surface area contributed by atoms with Crippen molar-refractivity contribution in [1.82, 2.24) is 0 Å². The summed E-state index contributed by atoms with van der Waals surface area (Å²) in [5.74, 6) is 0. The van der Waals surface area contributed by atoms with Gasteiger partial charge in [-0.05, 0) is 6.42 Å². The molecule has 1 aliphatic rings. The van der Waals surface area contributed by atoms with Gasteiger partial charge in [0.2, 0.25) is 0 Å². The minimum Gasteiger partial charge on any atom is -0.372 e. The Morgan fingerprint density at radius 1 is 1.67 bits per heavy atom. The van der Waals surface area contributed by atoms with Gasteiger partial charge < -0.3 is 10.5 Å². The van der Waals surface area contributed by atoms with Crippen LogP contribution in [0.3, 0.4) is 0 Å². The molecule has 1 saturated heterocycles. The highest BCUT2D eigenvalue weighted by molar-refractivity contribution is 5.85. The number of nitrogens with two attached hydrogens (primary N) is 1. The molecule has 0 bridgehead atoms. The van der Waals surface area contributed by atoms with Gasteiger partial charge in [0, 0.05) is 12.6 Å². The Morgan fingerprint density at radius 3 is 2.56 bits per heavy atom. The lowest BCUT2D eigenvalue weighted by Gasteiger charge is -2.06. The monoisotopic (exact) mass is 149 g/mol. The van der Waals surface area contributed by atoms with Gasteiger partial charge in [-0.25, -0.2) is 0 Å². The summed E-state index contributed by atoms with van der Waals surface area (Å²) in [6.45, 7) is 4.38. The second-order valence-corrected chi connectivity index (χ2v) is 2.02. The van der Waals surface area contributed by atoms with Crippen LogP contribution in [-0.2, 0) is 4.74 Å². The van der Waals surface area contributed by atoms with Gasteiger partial charge in [0.1, 0.15) is 0 Å². The van der Waals surface area contributed by atoms with Gasteiger partial charge in [-0.3, -0.25) is 0 Å². The van der Waals surface area contributed by atoms with Crippen LogP contribution in [0.15, 0.2) is 12.7 Å². The summed E-state index contributed by atoms with van der Waals surface area (Å²) >= 11 is 0. The first-order valence-electron chi connectivity index (χ1n) is 2.84. The predicted molar refractivity (Wildman–Crippen MR) is 39.8 cm³/mol. The fraction of sp³-hybridized carbons (Fsp3) is 0.667. The maximum Gasteiger partial charge on any atom is 0.0904 e. The van der Waals surface area contributed by atoms with E-state index in [1.165, 1.54) is 0 Å². The smallest absolute Gasteiger partial charge is 0.0904 e.